The lowest BCUT2D eigenvalue weighted by molar-refractivity contribution is -0.136. The lowest BCUT2D eigenvalue weighted by Gasteiger charge is -1.95. The summed E-state index contributed by atoms with van der Waals surface area (Å²) in [6.07, 6.45) is 2.18. The first-order chi connectivity index (χ1) is 4.29. The molecule has 1 heterocycles. The van der Waals surface area contributed by atoms with Gasteiger partial charge in [-0.1, -0.05) is 0 Å². The Hall–Kier alpha value is -0.990. The van der Waals surface area contributed by atoms with Crippen LogP contribution < -0.4 is 0 Å². The van der Waals surface area contributed by atoms with Crippen molar-refractivity contribution in [2.24, 2.45) is 0 Å². The van der Waals surface area contributed by atoms with Crippen LogP contribution in [0.2, 0.25) is 0 Å². The van der Waals surface area contributed by atoms with Gasteiger partial charge in [0, 0.05) is 13.3 Å². The van der Waals surface area contributed by atoms with E-state index in [9.17, 15) is 4.79 Å². The van der Waals surface area contributed by atoms with Gasteiger partial charge in [-0.05, 0) is 0 Å². The third-order valence-corrected chi connectivity index (χ3v) is 0.956. The highest BCUT2D eigenvalue weighted by molar-refractivity contribution is 5.67. The van der Waals surface area contributed by atoms with Crippen LogP contribution in [0, 0.1) is 0 Å². The Kier molecular flexibility index (Phi) is 1.72. The van der Waals surface area contributed by atoms with Crippen molar-refractivity contribution in [3.05, 3.63) is 12.0 Å². The van der Waals surface area contributed by atoms with E-state index in [-0.39, 0.29) is 5.97 Å². The van der Waals surface area contributed by atoms with Gasteiger partial charge in [-0.25, -0.2) is 0 Å². The molecule has 0 atom stereocenters. The molecule has 1 aliphatic heterocycles. The van der Waals surface area contributed by atoms with Crippen molar-refractivity contribution < 1.29 is 14.3 Å². The van der Waals surface area contributed by atoms with E-state index in [1.54, 1.807) is 0 Å². The normalized spacial score (nSPS) is 16.3. The minimum Gasteiger partial charge on any atom is -0.497 e. The maximum absolute atomic E-state index is 10.3. The molecule has 0 saturated carbocycles. The van der Waals surface area contributed by atoms with Crippen LogP contribution in [0.1, 0.15) is 13.3 Å². The Morgan fingerprint density at radius 2 is 2.67 bits per heavy atom. The summed E-state index contributed by atoms with van der Waals surface area (Å²) >= 11 is 0. The first kappa shape index (κ1) is 6.13. The predicted octanol–water partition coefficient (Wildman–Crippen LogP) is 0.811. The smallest absolute Gasteiger partial charge is 0.307 e. The summed E-state index contributed by atoms with van der Waals surface area (Å²) in [5, 5.41) is 0. The van der Waals surface area contributed by atoms with Crippen LogP contribution >= 0.6 is 0 Å². The number of esters is 1. The van der Waals surface area contributed by atoms with Crippen molar-refractivity contribution in [2.45, 2.75) is 13.3 Å². The molecule has 0 radical (unpaired) electrons. The fraction of sp³-hybridized carbons (Fsp3) is 0.500. The number of hydrogen-bond donors (Lipinski definition) is 0. The second kappa shape index (κ2) is 2.53. The summed E-state index contributed by atoms with van der Waals surface area (Å²) in [5.41, 5.74) is 0. The number of ether oxygens (including phenoxy) is 2. The third-order valence-electron chi connectivity index (χ3n) is 0.956. The van der Waals surface area contributed by atoms with Crippen molar-refractivity contribution in [3.63, 3.8) is 0 Å². The monoisotopic (exact) mass is 128 g/mol. The summed E-state index contributed by atoms with van der Waals surface area (Å²) in [5.74, 6) is 0.342. The molecule has 0 spiro atoms. The van der Waals surface area contributed by atoms with E-state index in [0.29, 0.717) is 18.8 Å². The van der Waals surface area contributed by atoms with Gasteiger partial charge in [0.2, 0.25) is 0 Å². The van der Waals surface area contributed by atoms with E-state index in [1.165, 1.54) is 13.2 Å². The molecule has 0 amide bonds. The highest BCUT2D eigenvalue weighted by Gasteiger charge is 2.07. The first-order valence-corrected chi connectivity index (χ1v) is 2.78. The quantitative estimate of drug-likeness (QED) is 0.490. The SMILES string of the molecule is CC(=O)OC1=COCC1. The molecule has 0 aliphatic carbocycles. The van der Waals surface area contributed by atoms with E-state index in [1.807, 2.05) is 0 Å². The molecule has 0 fully saturated rings. The van der Waals surface area contributed by atoms with Gasteiger partial charge in [0.05, 0.1) is 6.61 Å². The maximum atomic E-state index is 10.3. The average molecular weight is 128 g/mol. The standard InChI is InChI=1S/C6H8O3/c1-5(7)9-6-2-3-8-4-6/h4H,2-3H2,1H3. The lowest BCUT2D eigenvalue weighted by atomic mass is 10.4. The molecule has 0 unspecified atom stereocenters. The first-order valence-electron chi connectivity index (χ1n) is 2.78. The lowest BCUT2D eigenvalue weighted by Crippen LogP contribution is -1.96. The molecular formula is C6H8O3. The van der Waals surface area contributed by atoms with Gasteiger partial charge in [-0.15, -0.1) is 0 Å². The predicted molar refractivity (Wildman–Crippen MR) is 30.4 cm³/mol. The van der Waals surface area contributed by atoms with Crippen molar-refractivity contribution in [2.75, 3.05) is 6.61 Å². The second-order valence-corrected chi connectivity index (χ2v) is 1.80. The van der Waals surface area contributed by atoms with Crippen LogP contribution in [0.5, 0.6) is 0 Å². The fourth-order valence-corrected chi connectivity index (χ4v) is 0.630. The third kappa shape index (κ3) is 1.76. The molecule has 9 heavy (non-hydrogen) atoms. The summed E-state index contributed by atoms with van der Waals surface area (Å²) < 4.78 is 9.53. The van der Waals surface area contributed by atoms with Gasteiger partial charge < -0.3 is 9.47 Å². The van der Waals surface area contributed by atoms with Gasteiger partial charge in [0.1, 0.15) is 12.0 Å². The molecule has 0 aromatic carbocycles. The number of rotatable bonds is 1. The van der Waals surface area contributed by atoms with E-state index >= 15 is 0 Å². The van der Waals surface area contributed by atoms with Gasteiger partial charge >= 0.3 is 5.97 Å². The Balaban J connectivity index is 2.35. The Labute approximate surface area is 53.3 Å². The van der Waals surface area contributed by atoms with Crippen molar-refractivity contribution in [3.8, 4) is 0 Å². The molecule has 0 saturated heterocycles. The van der Waals surface area contributed by atoms with E-state index < -0.39 is 0 Å². The number of hydrogen-bond acceptors (Lipinski definition) is 3. The topological polar surface area (TPSA) is 35.5 Å². The van der Waals surface area contributed by atoms with E-state index in [0.717, 1.165) is 0 Å². The largest absolute Gasteiger partial charge is 0.497 e. The second-order valence-electron chi connectivity index (χ2n) is 1.80. The fourth-order valence-electron chi connectivity index (χ4n) is 0.630. The zero-order valence-electron chi connectivity index (χ0n) is 5.22. The highest BCUT2D eigenvalue weighted by Crippen LogP contribution is 2.10. The van der Waals surface area contributed by atoms with Crippen molar-refractivity contribution >= 4 is 5.97 Å². The molecule has 50 valence electrons. The van der Waals surface area contributed by atoms with Gasteiger partial charge in [0.25, 0.3) is 0 Å². The Bertz CT molecular complexity index is 148. The van der Waals surface area contributed by atoms with Crippen molar-refractivity contribution in [1.82, 2.24) is 0 Å². The van der Waals surface area contributed by atoms with Crippen LogP contribution in [0.25, 0.3) is 0 Å². The molecule has 0 aromatic heterocycles. The highest BCUT2D eigenvalue weighted by atomic mass is 16.6. The number of carbonyl (C=O) groups excluding carboxylic acids is 1. The van der Waals surface area contributed by atoms with Gasteiger partial charge in [-0.3, -0.25) is 4.79 Å². The van der Waals surface area contributed by atoms with Crippen LogP contribution in [-0.4, -0.2) is 12.6 Å². The Morgan fingerprint density at radius 1 is 1.89 bits per heavy atom. The summed E-state index contributed by atoms with van der Waals surface area (Å²) in [6, 6.07) is 0. The summed E-state index contributed by atoms with van der Waals surface area (Å²) in [7, 11) is 0. The zero-order chi connectivity index (χ0) is 6.69. The van der Waals surface area contributed by atoms with Crippen LogP contribution in [0.4, 0.5) is 0 Å². The summed E-state index contributed by atoms with van der Waals surface area (Å²) in [4.78, 5) is 10.3. The molecule has 0 aromatic rings. The van der Waals surface area contributed by atoms with E-state index in [4.69, 9.17) is 9.47 Å². The van der Waals surface area contributed by atoms with Crippen LogP contribution in [0.15, 0.2) is 12.0 Å². The van der Waals surface area contributed by atoms with Gasteiger partial charge in [0.15, 0.2) is 0 Å². The molecule has 0 bridgehead atoms. The molecular weight excluding hydrogens is 120 g/mol. The van der Waals surface area contributed by atoms with Crippen LogP contribution in [0.3, 0.4) is 0 Å². The van der Waals surface area contributed by atoms with E-state index in [2.05, 4.69) is 0 Å². The average Bonchev–Trinajstić information content (AvgIpc) is 2.15. The number of carbonyl (C=O) groups is 1. The minimum absolute atomic E-state index is 0.285. The molecule has 3 nitrogen and oxygen atoms in total. The van der Waals surface area contributed by atoms with Crippen LogP contribution in [-0.2, 0) is 14.3 Å². The minimum atomic E-state index is -0.285. The molecule has 1 aliphatic rings. The summed E-state index contributed by atoms with van der Waals surface area (Å²) in [6.45, 7) is 2.00. The zero-order valence-corrected chi connectivity index (χ0v) is 5.22. The molecule has 1 rings (SSSR count). The van der Waals surface area contributed by atoms with Crippen molar-refractivity contribution in [1.29, 1.82) is 0 Å². The molecule has 0 N–H and O–H groups in total. The molecule has 3 heteroatoms. The Morgan fingerprint density at radius 3 is 3.11 bits per heavy atom. The maximum Gasteiger partial charge on any atom is 0.307 e. The van der Waals surface area contributed by atoms with Gasteiger partial charge in [-0.2, -0.15) is 0 Å².